The van der Waals surface area contributed by atoms with Gasteiger partial charge in [0, 0.05) is 88.6 Å². The molecule has 0 unspecified atom stereocenters. The molecule has 9 heterocycles. The zero-order chi connectivity index (χ0) is 95.4. The minimum absolute atomic E-state index is 0.0632. The van der Waals surface area contributed by atoms with Gasteiger partial charge in [0.15, 0.2) is 17.5 Å². The number of pyridine rings is 3. The number of hydrogen-bond acceptors (Lipinski definition) is 28. The summed E-state index contributed by atoms with van der Waals surface area (Å²) in [7, 11) is -19.6. The number of carbonyl (C=O) groups excluding carboxylic acids is 6. The highest BCUT2D eigenvalue weighted by atomic mass is 31.2. The number of nitrogens with two attached hydrogens (primary N) is 3. The van der Waals surface area contributed by atoms with E-state index in [0.717, 1.165) is 104 Å². The van der Waals surface area contributed by atoms with E-state index in [1.807, 2.05) is 69.2 Å². The van der Waals surface area contributed by atoms with Gasteiger partial charge >= 0.3 is 31.3 Å². The maximum atomic E-state index is 11.8. The number of aryl methyl sites for hydroxylation is 3. The van der Waals surface area contributed by atoms with Crippen molar-refractivity contribution in [2.24, 2.45) is 0 Å². The van der Waals surface area contributed by atoms with Crippen molar-refractivity contribution in [3.05, 3.63) is 197 Å². The average molecular weight is 1910 g/mol. The fourth-order valence-corrected chi connectivity index (χ4v) is 16.9. The van der Waals surface area contributed by atoms with Gasteiger partial charge in [0.25, 0.3) is 35.4 Å². The second-order valence-corrected chi connectivity index (χ2v) is 35.7. The lowest BCUT2D eigenvalue weighted by Crippen LogP contribution is -2.33. The van der Waals surface area contributed by atoms with E-state index >= 15 is 0 Å². The lowest BCUT2D eigenvalue weighted by Gasteiger charge is -2.17. The Hall–Kier alpha value is -12.7. The van der Waals surface area contributed by atoms with Gasteiger partial charge in [0.2, 0.25) is 0 Å². The number of ether oxygens (including phenoxy) is 3. The second-order valence-electron chi connectivity index (χ2n) is 31.0. The molecule has 15 rings (SSSR count). The maximum Gasteiger partial charge on any atom is 0.524 e. The number of anilines is 3. The number of fused-ring (bicyclic) bond motifs is 9. The minimum Gasteiger partial charge on any atom is -0.508 e. The van der Waals surface area contributed by atoms with Gasteiger partial charge in [-0.3, -0.25) is 82.6 Å². The normalized spacial score (nSPS) is 13.7. The van der Waals surface area contributed by atoms with Crippen LogP contribution < -0.4 is 35.3 Å². The highest BCUT2D eigenvalue weighted by Gasteiger charge is 2.31. The molecule has 702 valence electrons. The summed E-state index contributed by atoms with van der Waals surface area (Å²) in [5.41, 5.74) is 28.0. The Kier molecular flexibility index (Phi) is 31.2. The Labute approximate surface area is 758 Å². The van der Waals surface area contributed by atoms with E-state index in [-0.39, 0.29) is 152 Å². The number of benzene rings is 6. The molecule has 16 N–H and O–H groups in total. The summed E-state index contributed by atoms with van der Waals surface area (Å²) in [6.07, 6.45) is 15.9. The number of aromatic nitrogens is 9. The van der Waals surface area contributed by atoms with E-state index in [0.29, 0.717) is 131 Å². The molecule has 12 aromatic rings. The fraction of sp³-hybridized carbons (Fsp3) is 0.310. The molecule has 0 saturated heterocycles. The number of hydrogen-bond donors (Lipinski definition) is 13. The first-order valence-electron chi connectivity index (χ1n) is 42.1. The maximum absolute atomic E-state index is 11.8. The second kappa shape index (κ2) is 42.4. The minimum atomic E-state index is -5.02. The van der Waals surface area contributed by atoms with Crippen LogP contribution in [-0.4, -0.2) is 202 Å². The Balaban J connectivity index is 0.000000170. The number of nitrogen functional groups attached to an aromatic ring is 3. The molecule has 0 bridgehead atoms. The van der Waals surface area contributed by atoms with Crippen LogP contribution in [0.4, 0.5) is 17.5 Å². The third-order valence-electron chi connectivity index (χ3n) is 21.5. The van der Waals surface area contributed by atoms with Gasteiger partial charge in [-0.05, 0) is 146 Å². The lowest BCUT2D eigenvalue weighted by molar-refractivity contribution is -0.139. The number of phosphoric acid groups is 4. The van der Waals surface area contributed by atoms with Crippen LogP contribution in [0, 0.1) is 0 Å². The van der Waals surface area contributed by atoms with Gasteiger partial charge in [-0.15, -0.1) is 0 Å². The van der Waals surface area contributed by atoms with Crippen molar-refractivity contribution in [2.75, 3.05) is 76.5 Å². The molecule has 3 aliphatic heterocycles. The van der Waals surface area contributed by atoms with Crippen molar-refractivity contribution in [3.8, 4) is 34.5 Å². The number of aromatic hydroxyl groups is 2. The van der Waals surface area contributed by atoms with Crippen LogP contribution in [0.3, 0.4) is 0 Å². The SMILES string of the molecule is CCCCc1nc2c(N)nc3ccc(CCOCCN4C(=O)C=CC4=O)cc3c2n1Cc1cc(O)ccc1OP(=O)(O)O.CCCCc1nc2c(N)nc3ccc(CCOCCN4C(=O)C=CC4=O)cc3c2n1Cc1cc(OP(=O)(O)O)ccc1O.CCCCc1nc2c(N)nc3ccc(CCOCCN4C(=O)C=CC4=O)cc3c2n1Cc1cc(OP(=O)(O)O)ccc1OP(=O)(O)O. The van der Waals surface area contributed by atoms with Gasteiger partial charge in [0.05, 0.1) is 112 Å². The fourth-order valence-electron chi connectivity index (χ4n) is 15.3. The van der Waals surface area contributed by atoms with Crippen LogP contribution >= 0.6 is 31.3 Å². The number of unbranched alkanes of at least 4 members (excludes halogenated alkanes) is 3. The van der Waals surface area contributed by atoms with Crippen LogP contribution in [-0.2, 0) is 119 Å². The smallest absolute Gasteiger partial charge is 0.508 e. The predicted octanol–water partition coefficient (Wildman–Crippen LogP) is 9.42. The summed E-state index contributed by atoms with van der Waals surface area (Å²) in [6.45, 7) is 8.40. The topological polar surface area (TPSA) is 618 Å². The van der Waals surface area contributed by atoms with E-state index in [1.54, 1.807) is 6.07 Å². The van der Waals surface area contributed by atoms with Crippen LogP contribution in [0.15, 0.2) is 146 Å². The number of imide groups is 3. The molecule has 6 amide bonds. The molecule has 0 radical (unpaired) electrons. The monoisotopic (exact) mass is 1910 g/mol. The van der Waals surface area contributed by atoms with E-state index in [2.05, 4.69) is 28.8 Å². The van der Waals surface area contributed by atoms with E-state index in [9.17, 15) is 96.4 Å². The predicted molar refractivity (Wildman–Crippen MR) is 486 cm³/mol. The highest BCUT2D eigenvalue weighted by molar-refractivity contribution is 7.47. The Bertz CT molecular complexity index is 6740. The molecular weight excluding hydrogens is 1810 g/mol. The molecular formula is C87H97N15O27P4. The quantitative estimate of drug-likeness (QED) is 0.00963. The van der Waals surface area contributed by atoms with E-state index in [1.165, 1.54) is 78.9 Å². The molecule has 46 heteroatoms. The summed E-state index contributed by atoms with van der Waals surface area (Å²) in [5.74, 6) is -0.184. The summed E-state index contributed by atoms with van der Waals surface area (Å²) in [6, 6.07) is 28.6. The first kappa shape index (κ1) is 97.8. The molecule has 133 heavy (non-hydrogen) atoms. The first-order chi connectivity index (χ1) is 63.3. The van der Waals surface area contributed by atoms with Crippen LogP contribution in [0.25, 0.3) is 65.8 Å². The van der Waals surface area contributed by atoms with Gasteiger partial charge in [-0.2, -0.15) is 0 Å². The molecule has 0 fully saturated rings. The van der Waals surface area contributed by atoms with Crippen LogP contribution in [0.5, 0.6) is 34.5 Å². The average Bonchev–Trinajstić information content (AvgIpc) is 1.62. The number of phenols is 2. The van der Waals surface area contributed by atoms with Crippen molar-refractivity contribution in [2.45, 2.75) is 117 Å². The molecule has 6 aromatic heterocycles. The standard InChI is InChI=1S/C29H33N5O11P2.2C29H32N5O8P/c1-2-3-4-24-32-27-28(34(24)17-19-16-20(44-46(37,38)39)6-8-23(19)45-47(40,41)42)21-15-18(5-7-22(21)31-29(27)30)11-13-43-14-12-33-25(35)9-10-26(33)36;1-2-3-4-24-32-27-28(34(24)17-19-16-20(6-8-23(19)35)42-43(38,39)40)21-15-18(5-7-22(21)31-29(27)30)11-13-41-14-12-33-25(36)9-10-26(33)37;1-2-3-4-24-32-27-28(34(24)17-19-16-20(35)6-8-23(19)42-43(38,39)40)21-15-18(5-7-22(21)31-29(27)30)11-13-41-14-12-33-25(36)9-10-26(33)37/h5-10,15-16H,2-4,11-14,17H2,1H3,(H2,30,31)(H2,37,38,39)(H2,40,41,42);2*5-10,15-16,35H,2-4,11-14,17H2,1H3,(H2,30,31)(H2,38,39,40). The van der Waals surface area contributed by atoms with Gasteiger partial charge in [0.1, 0.15) is 68.5 Å². The Morgan fingerprint density at radius 3 is 0.962 bits per heavy atom. The molecule has 0 aliphatic carbocycles. The highest BCUT2D eigenvalue weighted by Crippen LogP contribution is 2.46. The van der Waals surface area contributed by atoms with Gasteiger partial charge in [-0.25, -0.2) is 48.2 Å². The summed E-state index contributed by atoms with van der Waals surface area (Å²) in [4.78, 5) is 177. The number of phosphoric ester groups is 4. The largest absolute Gasteiger partial charge is 0.524 e. The summed E-state index contributed by atoms with van der Waals surface area (Å²) < 4.78 is 88.5. The third kappa shape index (κ3) is 25.0. The number of amides is 6. The first-order valence-corrected chi connectivity index (χ1v) is 48.2. The van der Waals surface area contributed by atoms with Crippen LogP contribution in [0.2, 0.25) is 0 Å². The number of phenolic OH excluding ortho intramolecular Hbond substituents is 2. The molecule has 42 nitrogen and oxygen atoms in total. The lowest BCUT2D eigenvalue weighted by atomic mass is 10.1. The van der Waals surface area contributed by atoms with Crippen molar-refractivity contribution in [1.82, 2.24) is 58.3 Å². The number of imidazole rings is 3. The van der Waals surface area contributed by atoms with E-state index in [4.69, 9.17) is 64.5 Å². The number of carbonyl (C=O) groups is 6. The zero-order valence-corrected chi connectivity index (χ0v) is 75.7. The van der Waals surface area contributed by atoms with Crippen LogP contribution in [0.1, 0.15) is 110 Å². The zero-order valence-electron chi connectivity index (χ0n) is 72.1. The summed E-state index contributed by atoms with van der Waals surface area (Å²) >= 11 is 0. The summed E-state index contributed by atoms with van der Waals surface area (Å²) in [5, 5.41) is 23.1. The Morgan fingerprint density at radius 2 is 0.639 bits per heavy atom. The Morgan fingerprint density at radius 1 is 0.338 bits per heavy atom. The molecule has 0 spiro atoms. The third-order valence-corrected chi connectivity index (χ3v) is 23.2. The molecule has 3 aliphatic rings. The van der Waals surface area contributed by atoms with Crippen molar-refractivity contribution < 1.29 is 129 Å². The molecule has 0 atom stereocenters. The molecule has 6 aromatic carbocycles. The van der Waals surface area contributed by atoms with Gasteiger partial charge in [-0.1, -0.05) is 58.2 Å². The number of rotatable bonds is 41. The van der Waals surface area contributed by atoms with Crippen molar-refractivity contribution in [1.29, 1.82) is 0 Å². The number of nitrogens with zero attached hydrogens (tertiary/aromatic N) is 12. The van der Waals surface area contributed by atoms with E-state index < -0.39 is 31.3 Å². The van der Waals surface area contributed by atoms with Crippen molar-refractivity contribution in [3.63, 3.8) is 0 Å². The van der Waals surface area contributed by atoms with Gasteiger partial charge < -0.3 is 73.4 Å². The molecule has 0 saturated carbocycles. The van der Waals surface area contributed by atoms with Crippen molar-refractivity contribution >= 4 is 150 Å².